The number of carboxylic acid groups (broad SMARTS) is 1. The van der Waals surface area contributed by atoms with Gasteiger partial charge in [0.15, 0.2) is 0 Å². The maximum atomic E-state index is 12.3. The highest BCUT2D eigenvalue weighted by Crippen LogP contribution is 2.09. The summed E-state index contributed by atoms with van der Waals surface area (Å²) < 4.78 is 0. The van der Waals surface area contributed by atoms with E-state index in [1.54, 1.807) is 4.90 Å². The van der Waals surface area contributed by atoms with Gasteiger partial charge in [0.05, 0.1) is 5.56 Å². The lowest BCUT2D eigenvalue weighted by Crippen LogP contribution is -2.38. The zero-order valence-corrected chi connectivity index (χ0v) is 11.5. The van der Waals surface area contributed by atoms with Gasteiger partial charge >= 0.3 is 5.97 Å². The summed E-state index contributed by atoms with van der Waals surface area (Å²) in [5, 5.41) is 17.3. The van der Waals surface area contributed by atoms with Crippen LogP contribution in [-0.2, 0) is 4.79 Å². The minimum absolute atomic E-state index is 0.0251. The molecular weight excluding hydrogens is 258 g/mol. The fraction of sp³-hybridized carbons (Fsp3) is 0.429. The Morgan fingerprint density at radius 2 is 2.15 bits per heavy atom. The van der Waals surface area contributed by atoms with Crippen LogP contribution < -0.4 is 0 Å². The topological polar surface area (TPSA) is 94.3 Å². The lowest BCUT2D eigenvalue weighted by Gasteiger charge is -2.26. The second kappa shape index (κ2) is 7.24. The first-order chi connectivity index (χ1) is 9.45. The summed E-state index contributed by atoms with van der Waals surface area (Å²) in [5.74, 6) is -1.13. The van der Waals surface area contributed by atoms with Crippen LogP contribution in [0.4, 0.5) is 0 Å². The third-order valence-electron chi connectivity index (χ3n) is 2.79. The maximum Gasteiger partial charge on any atom is 0.303 e. The van der Waals surface area contributed by atoms with Crippen molar-refractivity contribution in [1.29, 1.82) is 5.26 Å². The number of aliphatic carboxylic acids is 1. The maximum absolute atomic E-state index is 12.3. The van der Waals surface area contributed by atoms with Gasteiger partial charge in [0.2, 0.25) is 0 Å². The predicted octanol–water partition coefficient (Wildman–Crippen LogP) is 1.67. The molecule has 1 amide bonds. The lowest BCUT2D eigenvalue weighted by atomic mass is 10.2. The number of hydrogen-bond donors (Lipinski definition) is 1. The van der Waals surface area contributed by atoms with Gasteiger partial charge in [-0.25, -0.2) is 4.98 Å². The standard InChI is InChI=1S/C14H17N3O3/c1-10(2)17(7-3-4-13(18)19)14(20)12-6-5-11(8-15)9-16-12/h5-6,9-10H,3-4,7H2,1-2H3,(H,18,19). The molecule has 1 N–H and O–H groups in total. The number of amides is 1. The SMILES string of the molecule is CC(C)N(CCCC(=O)O)C(=O)c1ccc(C#N)cn1. The fourth-order valence-corrected chi connectivity index (χ4v) is 1.73. The van der Waals surface area contributed by atoms with E-state index in [2.05, 4.69) is 4.98 Å². The first-order valence-electron chi connectivity index (χ1n) is 6.34. The molecule has 106 valence electrons. The Morgan fingerprint density at radius 3 is 2.60 bits per heavy atom. The largest absolute Gasteiger partial charge is 0.481 e. The number of nitriles is 1. The minimum atomic E-state index is -0.877. The fourth-order valence-electron chi connectivity index (χ4n) is 1.73. The van der Waals surface area contributed by atoms with Gasteiger partial charge in [-0.05, 0) is 32.4 Å². The third-order valence-corrected chi connectivity index (χ3v) is 2.79. The number of rotatable bonds is 6. The van der Waals surface area contributed by atoms with Gasteiger partial charge in [-0.1, -0.05) is 0 Å². The molecule has 0 aliphatic heterocycles. The molecule has 0 unspecified atom stereocenters. The molecule has 0 aliphatic rings. The van der Waals surface area contributed by atoms with Crippen LogP contribution in [0.2, 0.25) is 0 Å². The van der Waals surface area contributed by atoms with Gasteiger partial charge in [-0.15, -0.1) is 0 Å². The second-order valence-corrected chi connectivity index (χ2v) is 4.63. The molecule has 6 heteroatoms. The van der Waals surface area contributed by atoms with E-state index in [1.807, 2.05) is 19.9 Å². The molecule has 1 aromatic heterocycles. The van der Waals surface area contributed by atoms with E-state index in [0.717, 1.165) is 0 Å². The first-order valence-corrected chi connectivity index (χ1v) is 6.34. The zero-order chi connectivity index (χ0) is 15.1. The van der Waals surface area contributed by atoms with E-state index in [1.165, 1.54) is 18.3 Å². The van der Waals surface area contributed by atoms with Crippen LogP contribution in [-0.4, -0.2) is 39.5 Å². The summed E-state index contributed by atoms with van der Waals surface area (Å²) in [6, 6.07) is 4.94. The molecule has 0 radical (unpaired) electrons. The third kappa shape index (κ3) is 4.35. The molecule has 6 nitrogen and oxygen atoms in total. The van der Waals surface area contributed by atoms with Gasteiger partial charge in [0.1, 0.15) is 11.8 Å². The Balaban J connectivity index is 2.77. The monoisotopic (exact) mass is 275 g/mol. The molecule has 0 saturated carbocycles. The van der Waals surface area contributed by atoms with Crippen molar-refractivity contribution in [3.63, 3.8) is 0 Å². The molecule has 20 heavy (non-hydrogen) atoms. The van der Waals surface area contributed by atoms with Crippen LogP contribution >= 0.6 is 0 Å². The molecule has 0 spiro atoms. The van der Waals surface area contributed by atoms with Crippen molar-refractivity contribution in [2.24, 2.45) is 0 Å². The summed E-state index contributed by atoms with van der Waals surface area (Å²) in [5.41, 5.74) is 0.650. The molecule has 0 fully saturated rings. The summed E-state index contributed by atoms with van der Waals surface area (Å²) in [4.78, 5) is 28.4. The molecule has 0 aliphatic carbocycles. The number of hydrogen-bond acceptors (Lipinski definition) is 4. The average molecular weight is 275 g/mol. The summed E-state index contributed by atoms with van der Waals surface area (Å²) in [7, 11) is 0. The molecular formula is C14H17N3O3. The highest BCUT2D eigenvalue weighted by molar-refractivity contribution is 5.92. The highest BCUT2D eigenvalue weighted by Gasteiger charge is 2.19. The van der Waals surface area contributed by atoms with Crippen LogP contribution in [0.25, 0.3) is 0 Å². The van der Waals surface area contributed by atoms with Gasteiger partial charge < -0.3 is 10.0 Å². The smallest absolute Gasteiger partial charge is 0.303 e. The van der Waals surface area contributed by atoms with Crippen LogP contribution in [0.5, 0.6) is 0 Å². The first kappa shape index (κ1) is 15.6. The quantitative estimate of drug-likeness (QED) is 0.852. The van der Waals surface area contributed by atoms with Crippen molar-refractivity contribution >= 4 is 11.9 Å². The van der Waals surface area contributed by atoms with Crippen molar-refractivity contribution in [2.75, 3.05) is 6.54 Å². The van der Waals surface area contributed by atoms with Crippen molar-refractivity contribution in [3.05, 3.63) is 29.6 Å². The van der Waals surface area contributed by atoms with Crippen LogP contribution in [0.3, 0.4) is 0 Å². The van der Waals surface area contributed by atoms with E-state index in [0.29, 0.717) is 18.5 Å². The molecule has 0 saturated heterocycles. The van der Waals surface area contributed by atoms with E-state index in [4.69, 9.17) is 10.4 Å². The lowest BCUT2D eigenvalue weighted by molar-refractivity contribution is -0.137. The van der Waals surface area contributed by atoms with E-state index < -0.39 is 5.97 Å². The number of carboxylic acids is 1. The number of carbonyl (C=O) groups is 2. The Labute approximate surface area is 117 Å². The Hall–Kier alpha value is -2.42. The van der Waals surface area contributed by atoms with Gasteiger partial charge in [0, 0.05) is 25.2 Å². The molecule has 1 rings (SSSR count). The summed E-state index contributed by atoms with van der Waals surface area (Å²) >= 11 is 0. The van der Waals surface area contributed by atoms with Crippen LogP contribution in [0.15, 0.2) is 18.3 Å². The normalized spacial score (nSPS) is 10.1. The molecule has 1 aromatic rings. The summed E-state index contributed by atoms with van der Waals surface area (Å²) in [6.07, 6.45) is 1.77. The van der Waals surface area contributed by atoms with Crippen LogP contribution in [0, 0.1) is 11.3 Å². The van der Waals surface area contributed by atoms with Crippen molar-refractivity contribution < 1.29 is 14.7 Å². The van der Waals surface area contributed by atoms with Crippen molar-refractivity contribution in [1.82, 2.24) is 9.88 Å². The number of nitrogens with zero attached hydrogens (tertiary/aromatic N) is 3. The summed E-state index contributed by atoms with van der Waals surface area (Å²) in [6.45, 7) is 4.09. The second-order valence-electron chi connectivity index (χ2n) is 4.63. The number of carbonyl (C=O) groups excluding carboxylic acids is 1. The molecule has 0 atom stereocenters. The number of aromatic nitrogens is 1. The minimum Gasteiger partial charge on any atom is -0.481 e. The predicted molar refractivity (Wildman–Crippen MR) is 72.0 cm³/mol. The van der Waals surface area contributed by atoms with Crippen molar-refractivity contribution in [3.8, 4) is 6.07 Å². The Morgan fingerprint density at radius 1 is 1.45 bits per heavy atom. The van der Waals surface area contributed by atoms with Gasteiger partial charge in [-0.2, -0.15) is 5.26 Å². The van der Waals surface area contributed by atoms with E-state index >= 15 is 0 Å². The Kier molecular flexibility index (Phi) is 5.66. The zero-order valence-electron chi connectivity index (χ0n) is 11.5. The van der Waals surface area contributed by atoms with Crippen LogP contribution in [0.1, 0.15) is 42.7 Å². The Bertz CT molecular complexity index is 517. The highest BCUT2D eigenvalue weighted by atomic mass is 16.4. The van der Waals surface area contributed by atoms with E-state index in [9.17, 15) is 9.59 Å². The average Bonchev–Trinajstić information content (AvgIpc) is 2.42. The van der Waals surface area contributed by atoms with Gasteiger partial charge in [-0.3, -0.25) is 9.59 Å². The molecule has 0 bridgehead atoms. The van der Waals surface area contributed by atoms with Gasteiger partial charge in [0.25, 0.3) is 5.91 Å². The molecule has 0 aromatic carbocycles. The number of pyridine rings is 1. The molecule has 1 heterocycles. The van der Waals surface area contributed by atoms with E-state index in [-0.39, 0.29) is 24.1 Å². The van der Waals surface area contributed by atoms with Crippen molar-refractivity contribution in [2.45, 2.75) is 32.7 Å².